The molecular weight excluding hydrogens is 190 g/mol. The molecule has 0 aliphatic carbocycles. The highest BCUT2D eigenvalue weighted by atomic mass is 32.1. The minimum atomic E-state index is 0.486. The van der Waals surface area contributed by atoms with Crippen LogP contribution < -0.4 is 5.43 Å². The predicted octanol–water partition coefficient (Wildman–Crippen LogP) is 0.102. The summed E-state index contributed by atoms with van der Waals surface area (Å²) in [4.78, 5) is 3.81. The van der Waals surface area contributed by atoms with Gasteiger partial charge >= 0.3 is 0 Å². The molecule has 0 aliphatic rings. The van der Waals surface area contributed by atoms with Gasteiger partial charge in [-0.15, -0.1) is 5.10 Å². The first-order valence-electron chi connectivity index (χ1n) is 3.36. The molecule has 2 N–H and O–H groups in total. The van der Waals surface area contributed by atoms with E-state index in [1.807, 2.05) is 0 Å². The van der Waals surface area contributed by atoms with Crippen molar-refractivity contribution in [1.82, 2.24) is 24.8 Å². The highest BCUT2D eigenvalue weighted by Gasteiger charge is 1.91. The second kappa shape index (κ2) is 3.72. The van der Waals surface area contributed by atoms with Gasteiger partial charge in [0.05, 0.1) is 6.21 Å². The SMILES string of the molecule is C(=N\Nc1ncn[nH]1)/c1csnn1. The van der Waals surface area contributed by atoms with Crippen LogP contribution >= 0.6 is 11.5 Å². The van der Waals surface area contributed by atoms with Crippen LogP contribution in [-0.4, -0.2) is 31.0 Å². The zero-order chi connectivity index (χ0) is 8.93. The predicted molar refractivity (Wildman–Crippen MR) is 47.5 cm³/mol. The highest BCUT2D eigenvalue weighted by Crippen LogP contribution is 1.94. The average Bonchev–Trinajstić information content (AvgIpc) is 2.75. The lowest BCUT2D eigenvalue weighted by atomic mass is 10.6. The first-order chi connectivity index (χ1) is 6.45. The average molecular weight is 195 g/mol. The zero-order valence-corrected chi connectivity index (χ0v) is 7.19. The Morgan fingerprint density at radius 3 is 3.31 bits per heavy atom. The third-order valence-electron chi connectivity index (χ3n) is 1.16. The summed E-state index contributed by atoms with van der Waals surface area (Å²) in [7, 11) is 0. The topological polar surface area (TPSA) is 91.7 Å². The van der Waals surface area contributed by atoms with Gasteiger partial charge in [-0.1, -0.05) is 4.49 Å². The van der Waals surface area contributed by atoms with Gasteiger partial charge in [-0.2, -0.15) is 15.2 Å². The van der Waals surface area contributed by atoms with E-state index in [0.717, 1.165) is 0 Å². The van der Waals surface area contributed by atoms with E-state index in [1.165, 1.54) is 17.9 Å². The molecule has 13 heavy (non-hydrogen) atoms. The fraction of sp³-hybridized carbons (Fsp3) is 0. The number of H-pyrrole nitrogens is 1. The molecule has 0 aromatic carbocycles. The highest BCUT2D eigenvalue weighted by molar-refractivity contribution is 7.03. The minimum absolute atomic E-state index is 0.486. The van der Waals surface area contributed by atoms with E-state index in [0.29, 0.717) is 11.6 Å². The van der Waals surface area contributed by atoms with Crippen LogP contribution in [0.4, 0.5) is 5.95 Å². The summed E-state index contributed by atoms with van der Waals surface area (Å²) in [5, 5.41) is 15.6. The van der Waals surface area contributed by atoms with Crippen LogP contribution in [0, 0.1) is 0 Å². The van der Waals surface area contributed by atoms with Crippen molar-refractivity contribution in [3.05, 3.63) is 17.4 Å². The minimum Gasteiger partial charge on any atom is -0.246 e. The molecule has 0 spiro atoms. The van der Waals surface area contributed by atoms with Gasteiger partial charge in [0.2, 0.25) is 5.95 Å². The molecule has 0 aliphatic heterocycles. The first kappa shape index (κ1) is 7.80. The fourth-order valence-corrected chi connectivity index (χ4v) is 1.05. The molecular formula is C5H5N7S. The van der Waals surface area contributed by atoms with Gasteiger partial charge in [0.15, 0.2) is 0 Å². The molecule has 7 nitrogen and oxygen atoms in total. The number of aromatic amines is 1. The van der Waals surface area contributed by atoms with E-state index in [1.54, 1.807) is 11.6 Å². The molecule has 0 fully saturated rings. The third-order valence-corrected chi connectivity index (χ3v) is 1.68. The monoisotopic (exact) mass is 195 g/mol. The Bertz CT molecular complexity index is 364. The molecule has 0 amide bonds. The van der Waals surface area contributed by atoms with E-state index < -0.39 is 0 Å². The normalized spacial score (nSPS) is 10.8. The van der Waals surface area contributed by atoms with Crippen LogP contribution in [0.3, 0.4) is 0 Å². The second-order valence-corrected chi connectivity index (χ2v) is 2.64. The van der Waals surface area contributed by atoms with Gasteiger partial charge in [-0.05, 0) is 11.5 Å². The molecule has 2 heterocycles. The Labute approximate surface area is 77.1 Å². The molecule has 0 saturated heterocycles. The summed E-state index contributed by atoms with van der Waals surface area (Å²) in [6.45, 7) is 0. The Balaban J connectivity index is 1.93. The Morgan fingerprint density at radius 2 is 2.62 bits per heavy atom. The van der Waals surface area contributed by atoms with Crippen LogP contribution in [0.15, 0.2) is 16.8 Å². The second-order valence-electron chi connectivity index (χ2n) is 2.03. The van der Waals surface area contributed by atoms with Crippen molar-refractivity contribution in [2.24, 2.45) is 5.10 Å². The zero-order valence-electron chi connectivity index (χ0n) is 6.38. The number of anilines is 1. The van der Waals surface area contributed by atoms with Crippen LogP contribution in [0.25, 0.3) is 0 Å². The number of hydrogen-bond acceptors (Lipinski definition) is 7. The number of nitrogens with zero attached hydrogens (tertiary/aromatic N) is 5. The standard InChI is InChI=1S/C5H5N7S/c1(4-2-13-12-9-4)7-10-5-6-3-8-11-5/h1-3H,(H2,6,8,10,11)/b7-1+. The number of aromatic nitrogens is 5. The summed E-state index contributed by atoms with van der Waals surface area (Å²) in [5.41, 5.74) is 3.35. The van der Waals surface area contributed by atoms with Gasteiger partial charge in [0, 0.05) is 5.38 Å². The van der Waals surface area contributed by atoms with E-state index in [9.17, 15) is 0 Å². The molecule has 0 bridgehead atoms. The number of hydrazone groups is 1. The molecule has 0 unspecified atom stereocenters. The van der Waals surface area contributed by atoms with Crippen LogP contribution in [0.5, 0.6) is 0 Å². The maximum atomic E-state index is 3.85. The first-order valence-corrected chi connectivity index (χ1v) is 4.20. The van der Waals surface area contributed by atoms with Gasteiger partial charge < -0.3 is 0 Å². The summed E-state index contributed by atoms with van der Waals surface area (Å²) < 4.78 is 3.67. The van der Waals surface area contributed by atoms with Crippen molar-refractivity contribution in [2.75, 3.05) is 5.43 Å². The maximum Gasteiger partial charge on any atom is 0.239 e. The van der Waals surface area contributed by atoms with Gasteiger partial charge in [-0.3, -0.25) is 0 Å². The van der Waals surface area contributed by atoms with Crippen LogP contribution in [-0.2, 0) is 0 Å². The van der Waals surface area contributed by atoms with Gasteiger partial charge in [0.25, 0.3) is 0 Å². The molecule has 8 heteroatoms. The van der Waals surface area contributed by atoms with Crippen molar-refractivity contribution >= 4 is 23.7 Å². The van der Waals surface area contributed by atoms with Crippen molar-refractivity contribution in [3.63, 3.8) is 0 Å². The number of rotatable bonds is 3. The lowest BCUT2D eigenvalue weighted by Gasteiger charge is -1.89. The van der Waals surface area contributed by atoms with E-state index in [4.69, 9.17) is 0 Å². The smallest absolute Gasteiger partial charge is 0.239 e. The Hall–Kier alpha value is -1.83. The number of nitrogens with one attached hydrogen (secondary N) is 2. The summed E-state index contributed by atoms with van der Waals surface area (Å²) >= 11 is 1.27. The molecule has 0 saturated carbocycles. The molecule has 2 aromatic rings. The summed E-state index contributed by atoms with van der Waals surface area (Å²) in [5.74, 6) is 0.486. The van der Waals surface area contributed by atoms with Crippen molar-refractivity contribution in [2.45, 2.75) is 0 Å². The van der Waals surface area contributed by atoms with Gasteiger partial charge in [0.1, 0.15) is 12.0 Å². The Morgan fingerprint density at radius 1 is 1.62 bits per heavy atom. The number of hydrogen-bond donors (Lipinski definition) is 2. The van der Waals surface area contributed by atoms with Crippen molar-refractivity contribution in [3.8, 4) is 0 Å². The van der Waals surface area contributed by atoms with E-state index in [2.05, 4.69) is 35.3 Å². The summed E-state index contributed by atoms with van der Waals surface area (Å²) in [6, 6.07) is 0. The largest absolute Gasteiger partial charge is 0.246 e. The quantitative estimate of drug-likeness (QED) is 0.535. The molecule has 66 valence electrons. The van der Waals surface area contributed by atoms with Crippen molar-refractivity contribution < 1.29 is 0 Å². The maximum absolute atomic E-state index is 3.85. The van der Waals surface area contributed by atoms with Crippen LogP contribution in [0.1, 0.15) is 5.69 Å². The van der Waals surface area contributed by atoms with Gasteiger partial charge in [-0.25, -0.2) is 10.5 Å². The molecule has 2 rings (SSSR count). The molecule has 0 atom stereocenters. The lowest BCUT2D eigenvalue weighted by Crippen LogP contribution is -1.92. The molecule has 2 aromatic heterocycles. The summed E-state index contributed by atoms with van der Waals surface area (Å²) in [6.07, 6.45) is 2.94. The Kier molecular flexibility index (Phi) is 2.23. The van der Waals surface area contributed by atoms with E-state index >= 15 is 0 Å². The van der Waals surface area contributed by atoms with Crippen molar-refractivity contribution in [1.29, 1.82) is 0 Å². The van der Waals surface area contributed by atoms with Crippen LogP contribution in [0.2, 0.25) is 0 Å². The molecule has 0 radical (unpaired) electrons. The third kappa shape index (κ3) is 2.06. The fourth-order valence-electron chi connectivity index (χ4n) is 0.647. The van der Waals surface area contributed by atoms with E-state index in [-0.39, 0.29) is 0 Å². The lowest BCUT2D eigenvalue weighted by molar-refractivity contribution is 1.08.